The van der Waals surface area contributed by atoms with E-state index >= 15 is 0 Å². The van der Waals surface area contributed by atoms with Crippen LogP contribution in [0.3, 0.4) is 0 Å². The lowest BCUT2D eigenvalue weighted by Crippen LogP contribution is -2.37. The largest absolute Gasteiger partial charge is 0.444 e. The number of aromatic nitrogens is 1. The van der Waals surface area contributed by atoms with Gasteiger partial charge < -0.3 is 15.1 Å². The van der Waals surface area contributed by atoms with E-state index < -0.39 is 0 Å². The minimum Gasteiger partial charge on any atom is -0.444 e. The molecule has 2 heterocycles. The third kappa shape index (κ3) is 4.75. The number of oxazole rings is 1. The molecular weight excluding hydrogens is 308 g/mol. The fourth-order valence-electron chi connectivity index (χ4n) is 1.78. The summed E-state index contributed by atoms with van der Waals surface area (Å²) in [4.78, 5) is 9.74. The van der Waals surface area contributed by atoms with Gasteiger partial charge in [0.15, 0.2) is 5.96 Å². The van der Waals surface area contributed by atoms with Crippen LogP contribution in [0, 0.1) is 13.8 Å². The number of nitrogens with zero attached hydrogens (tertiary/aromatic N) is 2. The maximum Gasteiger partial charge on any atom is 0.214 e. The van der Waals surface area contributed by atoms with Crippen molar-refractivity contribution in [3.63, 3.8) is 0 Å². The first kappa shape index (κ1) is 15.9. The summed E-state index contributed by atoms with van der Waals surface area (Å²) in [6.07, 6.45) is 0.912. The summed E-state index contributed by atoms with van der Waals surface area (Å²) in [6.45, 7) is 5.14. The number of rotatable bonds is 5. The van der Waals surface area contributed by atoms with Crippen LogP contribution in [0.15, 0.2) is 21.5 Å². The third-order valence-corrected chi connectivity index (χ3v) is 4.29. The predicted octanol–water partition coefficient (Wildman–Crippen LogP) is 2.91. The number of halogens is 1. The first-order valence-electron chi connectivity index (χ1n) is 6.70. The Bertz CT molecular complexity index is 601. The van der Waals surface area contributed by atoms with Gasteiger partial charge in [-0.15, -0.1) is 11.3 Å². The molecule has 0 amide bonds. The third-order valence-electron chi connectivity index (χ3n) is 3.00. The van der Waals surface area contributed by atoms with Crippen molar-refractivity contribution in [1.82, 2.24) is 15.6 Å². The molecule has 2 N–H and O–H groups in total. The molecule has 2 aromatic heterocycles. The summed E-state index contributed by atoms with van der Waals surface area (Å²) in [5.74, 6) is 2.24. The van der Waals surface area contributed by atoms with Crippen LogP contribution in [-0.4, -0.2) is 24.5 Å². The fraction of sp³-hybridized carbons (Fsp3) is 0.429. The van der Waals surface area contributed by atoms with E-state index in [9.17, 15) is 0 Å². The normalized spacial score (nSPS) is 11.7. The molecule has 0 aliphatic heterocycles. The van der Waals surface area contributed by atoms with Gasteiger partial charge in [0.25, 0.3) is 0 Å². The van der Waals surface area contributed by atoms with E-state index in [-0.39, 0.29) is 0 Å². The zero-order valence-corrected chi connectivity index (χ0v) is 13.9. The lowest BCUT2D eigenvalue weighted by molar-refractivity contribution is 0.464. The Kier molecular flexibility index (Phi) is 5.64. The van der Waals surface area contributed by atoms with E-state index in [1.54, 1.807) is 18.4 Å². The van der Waals surface area contributed by atoms with Gasteiger partial charge in [-0.25, -0.2) is 4.98 Å². The van der Waals surface area contributed by atoms with Crippen molar-refractivity contribution in [2.75, 3.05) is 13.6 Å². The highest BCUT2D eigenvalue weighted by atomic mass is 35.5. The zero-order chi connectivity index (χ0) is 15.2. The predicted molar refractivity (Wildman–Crippen MR) is 87.2 cm³/mol. The van der Waals surface area contributed by atoms with Crippen LogP contribution in [0.1, 0.15) is 22.2 Å². The number of nitrogens with one attached hydrogen (secondary N) is 2. The second-order valence-corrected chi connectivity index (χ2v) is 6.36. The van der Waals surface area contributed by atoms with Crippen molar-refractivity contribution in [2.24, 2.45) is 4.99 Å². The Morgan fingerprint density at radius 2 is 2.19 bits per heavy atom. The van der Waals surface area contributed by atoms with E-state index in [1.165, 1.54) is 4.88 Å². The smallest absolute Gasteiger partial charge is 0.214 e. The molecular formula is C14H19ClN4OS. The molecule has 0 spiro atoms. The first-order chi connectivity index (χ1) is 10.1. The summed E-state index contributed by atoms with van der Waals surface area (Å²) in [7, 11) is 1.74. The van der Waals surface area contributed by atoms with Gasteiger partial charge in [0.1, 0.15) is 5.76 Å². The molecule has 114 valence electrons. The molecule has 2 aromatic rings. The lowest BCUT2D eigenvalue weighted by atomic mass is 10.3. The molecule has 0 aliphatic rings. The molecule has 0 saturated carbocycles. The maximum absolute atomic E-state index is 5.91. The highest BCUT2D eigenvalue weighted by molar-refractivity contribution is 7.16. The number of hydrogen-bond acceptors (Lipinski definition) is 4. The summed E-state index contributed by atoms with van der Waals surface area (Å²) in [6, 6.07) is 3.96. The molecule has 0 atom stereocenters. The summed E-state index contributed by atoms with van der Waals surface area (Å²) in [5.41, 5.74) is 0.921. The van der Waals surface area contributed by atoms with Crippen LogP contribution < -0.4 is 10.6 Å². The van der Waals surface area contributed by atoms with Crippen molar-refractivity contribution < 1.29 is 4.42 Å². The van der Waals surface area contributed by atoms with Crippen LogP contribution in [-0.2, 0) is 13.0 Å². The monoisotopic (exact) mass is 326 g/mol. The molecule has 0 radical (unpaired) electrons. The zero-order valence-electron chi connectivity index (χ0n) is 12.4. The van der Waals surface area contributed by atoms with Gasteiger partial charge in [0, 0.05) is 18.5 Å². The Labute approximate surface area is 133 Å². The second-order valence-electron chi connectivity index (χ2n) is 4.56. The minimum atomic E-state index is 0.513. The second kappa shape index (κ2) is 7.47. The van der Waals surface area contributed by atoms with Gasteiger partial charge in [0.2, 0.25) is 5.89 Å². The molecule has 0 saturated heterocycles. The first-order valence-corrected chi connectivity index (χ1v) is 7.89. The fourth-order valence-corrected chi connectivity index (χ4v) is 2.87. The van der Waals surface area contributed by atoms with Gasteiger partial charge in [-0.3, -0.25) is 4.99 Å². The molecule has 21 heavy (non-hydrogen) atoms. The number of guanidine groups is 1. The van der Waals surface area contributed by atoms with Gasteiger partial charge in [0.05, 0.1) is 16.6 Å². The Balaban J connectivity index is 1.75. The topological polar surface area (TPSA) is 62.5 Å². The van der Waals surface area contributed by atoms with Crippen LogP contribution in [0.25, 0.3) is 0 Å². The quantitative estimate of drug-likeness (QED) is 0.655. The molecule has 0 unspecified atom stereocenters. The average Bonchev–Trinajstić information content (AvgIpc) is 3.00. The maximum atomic E-state index is 5.91. The molecule has 5 nitrogen and oxygen atoms in total. The molecule has 2 rings (SSSR count). The van der Waals surface area contributed by atoms with E-state index in [0.29, 0.717) is 12.4 Å². The molecule has 7 heteroatoms. The van der Waals surface area contributed by atoms with Crippen LogP contribution in [0.2, 0.25) is 4.34 Å². The van der Waals surface area contributed by atoms with E-state index in [1.807, 2.05) is 26.0 Å². The summed E-state index contributed by atoms with van der Waals surface area (Å²) >= 11 is 7.51. The number of thiophene rings is 1. The molecule has 0 bridgehead atoms. The van der Waals surface area contributed by atoms with Crippen LogP contribution >= 0.6 is 22.9 Å². The molecule has 0 aromatic carbocycles. The van der Waals surface area contributed by atoms with Crippen molar-refractivity contribution in [3.8, 4) is 0 Å². The number of aryl methyl sites for hydroxylation is 2. The minimum absolute atomic E-state index is 0.513. The molecule has 0 fully saturated rings. The average molecular weight is 327 g/mol. The highest BCUT2D eigenvalue weighted by Gasteiger charge is 2.06. The Hall–Kier alpha value is -1.53. The van der Waals surface area contributed by atoms with Gasteiger partial charge in [-0.1, -0.05) is 11.6 Å². The number of aliphatic imine (C=N–C) groups is 1. The SMILES string of the molecule is CN=C(NCCc1ccc(Cl)s1)NCc1nc(C)c(C)o1. The van der Waals surface area contributed by atoms with E-state index in [4.69, 9.17) is 16.0 Å². The van der Waals surface area contributed by atoms with Crippen molar-refractivity contribution in [3.05, 3.63) is 38.7 Å². The van der Waals surface area contributed by atoms with Crippen molar-refractivity contribution in [1.29, 1.82) is 0 Å². The lowest BCUT2D eigenvalue weighted by Gasteiger charge is -2.09. The van der Waals surface area contributed by atoms with Gasteiger partial charge in [-0.05, 0) is 32.4 Å². The highest BCUT2D eigenvalue weighted by Crippen LogP contribution is 2.21. The van der Waals surface area contributed by atoms with Crippen LogP contribution in [0.4, 0.5) is 0 Å². The molecule has 0 aliphatic carbocycles. The van der Waals surface area contributed by atoms with Crippen molar-refractivity contribution in [2.45, 2.75) is 26.8 Å². The van der Waals surface area contributed by atoms with Crippen LogP contribution in [0.5, 0.6) is 0 Å². The summed E-state index contributed by atoms with van der Waals surface area (Å²) < 4.78 is 6.34. The Morgan fingerprint density at radius 3 is 2.76 bits per heavy atom. The van der Waals surface area contributed by atoms with E-state index in [0.717, 1.165) is 34.7 Å². The van der Waals surface area contributed by atoms with Gasteiger partial charge in [-0.2, -0.15) is 0 Å². The Morgan fingerprint density at radius 1 is 1.38 bits per heavy atom. The van der Waals surface area contributed by atoms with Crippen molar-refractivity contribution >= 4 is 28.9 Å². The summed E-state index contributed by atoms with van der Waals surface area (Å²) in [5, 5.41) is 6.43. The number of hydrogen-bond donors (Lipinski definition) is 2. The standard InChI is InChI=1S/C14H19ClN4OS/c1-9-10(2)20-13(19-9)8-18-14(16-3)17-7-6-11-4-5-12(15)21-11/h4-5H,6-8H2,1-3H3,(H2,16,17,18). The van der Waals surface area contributed by atoms with E-state index in [2.05, 4.69) is 20.6 Å². The van der Waals surface area contributed by atoms with Gasteiger partial charge >= 0.3 is 0 Å².